The molecule has 1 aromatic heterocycles. The summed E-state index contributed by atoms with van der Waals surface area (Å²) in [6, 6.07) is 17.9. The molecule has 0 bridgehead atoms. The van der Waals surface area contributed by atoms with Gasteiger partial charge in [-0.1, -0.05) is 18.2 Å². The molecule has 4 aromatic rings. The molecule has 0 aliphatic carbocycles. The molecule has 9 amide bonds. The van der Waals surface area contributed by atoms with Crippen LogP contribution in [-0.2, 0) is 40.0 Å². The Morgan fingerprint density at radius 1 is 0.732 bits per heavy atom. The topological polar surface area (TPSA) is 278 Å². The minimum Gasteiger partial charge on any atom is -0.491 e. The highest BCUT2D eigenvalue weighted by Gasteiger charge is 2.46. The minimum absolute atomic E-state index is 0.00283. The van der Waals surface area contributed by atoms with Crippen molar-refractivity contribution in [3.8, 4) is 16.9 Å². The first kappa shape index (κ1) is 59.7. The molecule has 4 aliphatic rings. The number of carbonyl (C=O) groups excluding carboxylic acids is 9. The molecule has 0 spiro atoms. The van der Waals surface area contributed by atoms with Gasteiger partial charge in [-0.25, -0.2) is 0 Å². The van der Waals surface area contributed by atoms with Crippen molar-refractivity contribution in [3.63, 3.8) is 0 Å². The van der Waals surface area contributed by atoms with Gasteiger partial charge < -0.3 is 50.4 Å². The number of piperazine rings is 1. The zero-order chi connectivity index (χ0) is 58.5. The summed E-state index contributed by atoms with van der Waals surface area (Å²) in [7, 11) is 0. The van der Waals surface area contributed by atoms with Crippen LogP contribution in [0.1, 0.15) is 125 Å². The second kappa shape index (κ2) is 27.9. The number of imide groups is 2. The Morgan fingerprint density at radius 2 is 1.40 bits per heavy atom. The van der Waals surface area contributed by atoms with Crippen molar-refractivity contribution in [1.29, 1.82) is 0 Å². The predicted molar refractivity (Wildman–Crippen MR) is 305 cm³/mol. The van der Waals surface area contributed by atoms with Gasteiger partial charge in [-0.15, -0.1) is 0 Å². The number of fused-ring (bicyclic) bond motifs is 1. The van der Waals surface area contributed by atoms with Crippen molar-refractivity contribution in [2.24, 2.45) is 0 Å². The van der Waals surface area contributed by atoms with Crippen molar-refractivity contribution in [2.75, 3.05) is 82.0 Å². The summed E-state index contributed by atoms with van der Waals surface area (Å²) >= 11 is 0. The summed E-state index contributed by atoms with van der Waals surface area (Å²) in [5.74, 6) is -3.52. The van der Waals surface area contributed by atoms with E-state index in [1.54, 1.807) is 11.0 Å². The third kappa shape index (κ3) is 14.7. The lowest BCUT2D eigenvalue weighted by Crippen LogP contribution is -2.54. The van der Waals surface area contributed by atoms with Crippen LogP contribution in [0.5, 0.6) is 5.75 Å². The van der Waals surface area contributed by atoms with Crippen LogP contribution in [0.4, 0.5) is 11.4 Å². The van der Waals surface area contributed by atoms with E-state index in [1.165, 1.54) is 12.1 Å². The maximum absolute atomic E-state index is 14.0. The van der Waals surface area contributed by atoms with Crippen LogP contribution >= 0.6 is 0 Å². The molecule has 22 heteroatoms. The number of aryl methyl sites for hydroxylation is 2. The van der Waals surface area contributed by atoms with Crippen molar-refractivity contribution < 1.29 is 52.6 Å². The van der Waals surface area contributed by atoms with Gasteiger partial charge in [-0.05, 0) is 125 Å². The Morgan fingerprint density at radius 3 is 2.06 bits per heavy atom. The van der Waals surface area contributed by atoms with Crippen molar-refractivity contribution >= 4 is 64.5 Å². The number of piperidine rings is 1. The summed E-state index contributed by atoms with van der Waals surface area (Å²) in [4.78, 5) is 138. The van der Waals surface area contributed by atoms with Crippen LogP contribution < -0.4 is 46.7 Å². The van der Waals surface area contributed by atoms with Crippen LogP contribution in [0.3, 0.4) is 0 Å². The fraction of sp³-hybridized carbons (Fsp3) is 0.467. The zero-order valence-electron chi connectivity index (χ0n) is 47.2. The molecule has 3 fully saturated rings. The Bertz CT molecular complexity index is 3130. The molecule has 1 atom stereocenters. The molecule has 22 nitrogen and oxygen atoms in total. The second-order valence-electron chi connectivity index (χ2n) is 21.1. The molecule has 6 N–H and O–H groups in total. The smallest absolute Gasteiger partial charge is 0.266 e. The molecule has 0 saturated carbocycles. The lowest BCUT2D eigenvalue weighted by Gasteiger charge is -2.37. The Balaban J connectivity index is 0.708. The second-order valence-corrected chi connectivity index (χ2v) is 21.1. The van der Waals surface area contributed by atoms with Gasteiger partial charge in [0.1, 0.15) is 18.4 Å². The number of hydrogen-bond acceptors (Lipinski definition) is 14. The Labute approximate surface area is 476 Å². The van der Waals surface area contributed by atoms with E-state index in [0.717, 1.165) is 63.6 Å². The van der Waals surface area contributed by atoms with Gasteiger partial charge in [0.25, 0.3) is 23.3 Å². The van der Waals surface area contributed by atoms with Crippen molar-refractivity contribution in [2.45, 2.75) is 111 Å². The summed E-state index contributed by atoms with van der Waals surface area (Å²) < 4.78 is 11.4. The number of aromatic amines is 1. The summed E-state index contributed by atoms with van der Waals surface area (Å²) in [5.41, 5.74) is 7.24. The number of nitrogens with one attached hydrogen (secondary N) is 6. The van der Waals surface area contributed by atoms with Crippen LogP contribution in [0.15, 0.2) is 65.5 Å². The highest BCUT2D eigenvalue weighted by Crippen LogP contribution is 2.36. The maximum atomic E-state index is 14.0. The molecule has 436 valence electrons. The standard InChI is InChI=1S/C60H74N10O12/c1-5-69(43-21-30-81-31-22-43)48-35-41(34-45(39(48)4)56(76)64-36-46-37(2)33-38(3)65-57(46)77)40-13-15-42(16-14-40)67-26-28-68(29-27-67)54(75)20-19-52(73)62-24-7-11-50(71)61-23-8-12-51(72)63-25-32-82-49-10-6-9-44-55(49)60(80)70(59(44)79)47-17-18-53(74)66-58(47)78/h6,9-10,13-16,33-35,43,47H,5,7-8,11-12,17-32,36H2,1-4H3,(H,61,71)(H,62,73)(H,63,72)(H,64,76)(H,65,77)(H,66,74,78). The largest absolute Gasteiger partial charge is 0.491 e. The van der Waals surface area contributed by atoms with Crippen molar-refractivity contribution in [1.82, 2.24) is 41.4 Å². The van der Waals surface area contributed by atoms with E-state index in [1.807, 2.05) is 32.9 Å². The highest BCUT2D eigenvalue weighted by atomic mass is 16.5. The number of carbonyl (C=O) groups is 9. The number of rotatable bonds is 24. The molecule has 1 unspecified atom stereocenters. The Hall–Kier alpha value is -8.40. The predicted octanol–water partition coefficient (Wildman–Crippen LogP) is 3.72. The summed E-state index contributed by atoms with van der Waals surface area (Å²) in [6.45, 7) is 12.9. The van der Waals surface area contributed by atoms with E-state index in [-0.39, 0.29) is 129 Å². The Kier molecular flexibility index (Phi) is 20.3. The third-order valence-electron chi connectivity index (χ3n) is 15.5. The zero-order valence-corrected chi connectivity index (χ0v) is 47.2. The molecular weight excluding hydrogens is 1050 g/mol. The molecular formula is C60H74N10O12. The van der Waals surface area contributed by atoms with Gasteiger partial charge in [0, 0.05) is 132 Å². The van der Waals surface area contributed by atoms with E-state index in [4.69, 9.17) is 9.47 Å². The molecule has 8 rings (SSSR count). The summed E-state index contributed by atoms with van der Waals surface area (Å²) in [6.07, 6.45) is 2.98. The number of benzene rings is 3. The van der Waals surface area contributed by atoms with Gasteiger partial charge in [-0.2, -0.15) is 0 Å². The first-order valence-corrected chi connectivity index (χ1v) is 28.4. The van der Waals surface area contributed by atoms with Gasteiger partial charge in [-0.3, -0.25) is 58.2 Å². The fourth-order valence-electron chi connectivity index (χ4n) is 11.0. The minimum atomic E-state index is -1.10. The van der Waals surface area contributed by atoms with E-state index < -0.39 is 29.7 Å². The number of anilines is 2. The van der Waals surface area contributed by atoms with Gasteiger partial charge in [0.15, 0.2) is 0 Å². The van der Waals surface area contributed by atoms with E-state index in [9.17, 15) is 47.9 Å². The molecule has 82 heavy (non-hydrogen) atoms. The molecule has 4 aliphatic heterocycles. The quantitative estimate of drug-likeness (QED) is 0.0431. The average molecular weight is 1130 g/mol. The lowest BCUT2D eigenvalue weighted by molar-refractivity contribution is -0.136. The van der Waals surface area contributed by atoms with Gasteiger partial charge >= 0.3 is 0 Å². The van der Waals surface area contributed by atoms with E-state index >= 15 is 0 Å². The fourth-order valence-corrected chi connectivity index (χ4v) is 11.0. The van der Waals surface area contributed by atoms with Crippen LogP contribution in [0, 0.1) is 20.8 Å². The number of hydrogen-bond donors (Lipinski definition) is 6. The van der Waals surface area contributed by atoms with Crippen molar-refractivity contribution in [3.05, 3.63) is 110 Å². The number of pyridine rings is 1. The number of nitrogens with zero attached hydrogens (tertiary/aromatic N) is 4. The van der Waals surface area contributed by atoms with Gasteiger partial charge in [0.2, 0.25) is 35.4 Å². The number of aromatic nitrogens is 1. The number of H-pyrrole nitrogens is 1. The van der Waals surface area contributed by atoms with Crippen LogP contribution in [-0.4, -0.2) is 152 Å². The first-order valence-electron chi connectivity index (χ1n) is 28.4. The summed E-state index contributed by atoms with van der Waals surface area (Å²) in [5, 5.41) is 13.5. The molecule has 5 heterocycles. The average Bonchev–Trinajstić information content (AvgIpc) is 3.92. The molecule has 3 aromatic carbocycles. The molecule has 3 saturated heterocycles. The molecule has 0 radical (unpaired) electrons. The van der Waals surface area contributed by atoms with Crippen LogP contribution in [0.2, 0.25) is 0 Å². The SMILES string of the molecule is CCN(c1cc(-c2ccc(N3CCN(C(=O)CCC(=O)NCCCC(=O)NCCCC(=O)NCCOc4cccc5c4C(=O)N(C4CCC(=O)NC4=O)C5=O)CC3)cc2)cc(C(=O)NCc2c(C)cc(C)[nH]c2=O)c1C)C1CCOCC1. The normalized spacial score (nSPS) is 16.3. The van der Waals surface area contributed by atoms with E-state index in [0.29, 0.717) is 63.4 Å². The van der Waals surface area contributed by atoms with Crippen LogP contribution in [0.25, 0.3) is 11.1 Å². The monoisotopic (exact) mass is 1130 g/mol. The third-order valence-corrected chi connectivity index (χ3v) is 15.5. The van der Waals surface area contributed by atoms with E-state index in [2.05, 4.69) is 78.6 Å². The maximum Gasteiger partial charge on any atom is 0.266 e. The van der Waals surface area contributed by atoms with Gasteiger partial charge in [0.05, 0.1) is 17.7 Å². The highest BCUT2D eigenvalue weighted by molar-refractivity contribution is 6.24. The number of ether oxygens (including phenoxy) is 2. The number of amides is 9. The lowest BCUT2D eigenvalue weighted by atomic mass is 9.95. The first-order chi connectivity index (χ1) is 39.5.